The summed E-state index contributed by atoms with van der Waals surface area (Å²) < 4.78 is 6.43. The summed E-state index contributed by atoms with van der Waals surface area (Å²) in [5.74, 6) is 0.316. The van der Waals surface area contributed by atoms with Crippen molar-refractivity contribution in [3.63, 3.8) is 0 Å². The summed E-state index contributed by atoms with van der Waals surface area (Å²) in [5.41, 5.74) is -0.145. The SMILES string of the molecule is COCC(O)CCNc1nccn(C(C)C)c1=O. The Morgan fingerprint density at radius 1 is 1.56 bits per heavy atom. The zero-order valence-electron chi connectivity index (χ0n) is 11.1. The van der Waals surface area contributed by atoms with Gasteiger partial charge in [-0.05, 0) is 20.3 Å². The minimum absolute atomic E-state index is 0.0973. The minimum Gasteiger partial charge on any atom is -0.391 e. The van der Waals surface area contributed by atoms with E-state index in [0.29, 0.717) is 25.4 Å². The molecule has 1 aromatic heterocycles. The first-order chi connectivity index (χ1) is 8.56. The van der Waals surface area contributed by atoms with Crippen LogP contribution in [0.1, 0.15) is 26.3 Å². The quantitative estimate of drug-likeness (QED) is 0.747. The second kappa shape index (κ2) is 7.13. The highest BCUT2D eigenvalue weighted by Gasteiger charge is 2.08. The Hall–Kier alpha value is -1.40. The van der Waals surface area contributed by atoms with E-state index in [-0.39, 0.29) is 11.6 Å². The average Bonchev–Trinajstić information content (AvgIpc) is 2.31. The van der Waals surface area contributed by atoms with Crippen molar-refractivity contribution in [1.82, 2.24) is 9.55 Å². The van der Waals surface area contributed by atoms with E-state index in [1.54, 1.807) is 17.0 Å². The van der Waals surface area contributed by atoms with Gasteiger partial charge in [-0.15, -0.1) is 0 Å². The number of anilines is 1. The fraction of sp³-hybridized carbons (Fsp3) is 0.667. The number of nitrogens with one attached hydrogen (secondary N) is 1. The van der Waals surface area contributed by atoms with E-state index >= 15 is 0 Å². The number of methoxy groups -OCH3 is 1. The van der Waals surface area contributed by atoms with Crippen LogP contribution in [0.3, 0.4) is 0 Å². The van der Waals surface area contributed by atoms with E-state index in [4.69, 9.17) is 4.74 Å². The summed E-state index contributed by atoms with van der Waals surface area (Å²) in [6.45, 7) is 4.65. The third-order valence-electron chi connectivity index (χ3n) is 2.55. The summed E-state index contributed by atoms with van der Waals surface area (Å²) in [4.78, 5) is 16.0. The molecular weight excluding hydrogens is 234 g/mol. The molecule has 0 amide bonds. The second-order valence-corrected chi connectivity index (χ2v) is 4.41. The van der Waals surface area contributed by atoms with Crippen LogP contribution in [-0.2, 0) is 4.74 Å². The van der Waals surface area contributed by atoms with Crippen molar-refractivity contribution in [2.45, 2.75) is 32.4 Å². The number of hydrogen-bond donors (Lipinski definition) is 2. The molecule has 0 saturated heterocycles. The van der Waals surface area contributed by atoms with Gasteiger partial charge in [0.2, 0.25) is 0 Å². The molecule has 0 aliphatic heterocycles. The van der Waals surface area contributed by atoms with Crippen molar-refractivity contribution < 1.29 is 9.84 Å². The topological polar surface area (TPSA) is 76.4 Å². The standard InChI is InChI=1S/C12H21N3O3/c1-9(2)15-7-6-14-11(12(15)17)13-5-4-10(16)8-18-3/h6-7,9-10,16H,4-5,8H2,1-3H3,(H,13,14). The molecule has 0 aromatic carbocycles. The Labute approximate surface area is 107 Å². The van der Waals surface area contributed by atoms with Crippen molar-refractivity contribution in [3.05, 3.63) is 22.7 Å². The number of aromatic nitrogens is 2. The number of aliphatic hydroxyl groups is 1. The van der Waals surface area contributed by atoms with Crippen LogP contribution in [0.2, 0.25) is 0 Å². The van der Waals surface area contributed by atoms with Gasteiger partial charge in [0.15, 0.2) is 5.82 Å². The Bertz CT molecular complexity index is 417. The fourth-order valence-corrected chi connectivity index (χ4v) is 1.59. The van der Waals surface area contributed by atoms with E-state index in [2.05, 4.69) is 10.3 Å². The van der Waals surface area contributed by atoms with E-state index in [9.17, 15) is 9.90 Å². The minimum atomic E-state index is -0.529. The highest BCUT2D eigenvalue weighted by molar-refractivity contribution is 5.30. The molecule has 0 aliphatic carbocycles. The van der Waals surface area contributed by atoms with Crippen molar-refractivity contribution in [2.75, 3.05) is 25.6 Å². The van der Waals surface area contributed by atoms with Gasteiger partial charge in [0.25, 0.3) is 5.56 Å². The lowest BCUT2D eigenvalue weighted by Crippen LogP contribution is -2.27. The first-order valence-corrected chi connectivity index (χ1v) is 6.04. The Kier molecular flexibility index (Phi) is 5.80. The molecule has 18 heavy (non-hydrogen) atoms. The van der Waals surface area contributed by atoms with Gasteiger partial charge < -0.3 is 19.7 Å². The van der Waals surface area contributed by atoms with Gasteiger partial charge in [-0.2, -0.15) is 0 Å². The summed E-state index contributed by atoms with van der Waals surface area (Å²) in [6, 6.07) is 0.0973. The number of ether oxygens (including phenoxy) is 1. The molecule has 6 nitrogen and oxygen atoms in total. The molecule has 1 rings (SSSR count). The monoisotopic (exact) mass is 255 g/mol. The summed E-state index contributed by atoms with van der Waals surface area (Å²) in [6.07, 6.45) is 3.23. The number of aliphatic hydroxyl groups excluding tert-OH is 1. The molecule has 1 heterocycles. The first-order valence-electron chi connectivity index (χ1n) is 6.04. The van der Waals surface area contributed by atoms with E-state index in [1.165, 1.54) is 7.11 Å². The van der Waals surface area contributed by atoms with Crippen LogP contribution in [-0.4, -0.2) is 41.0 Å². The second-order valence-electron chi connectivity index (χ2n) is 4.41. The maximum atomic E-state index is 12.0. The molecular formula is C12H21N3O3. The van der Waals surface area contributed by atoms with Crippen molar-refractivity contribution in [2.24, 2.45) is 0 Å². The maximum Gasteiger partial charge on any atom is 0.293 e. The molecule has 0 radical (unpaired) electrons. The van der Waals surface area contributed by atoms with Crippen molar-refractivity contribution >= 4 is 5.82 Å². The molecule has 0 spiro atoms. The predicted octanol–water partition coefficient (Wildman–Crippen LogP) is 0.633. The zero-order chi connectivity index (χ0) is 13.5. The van der Waals surface area contributed by atoms with Crippen LogP contribution in [0.25, 0.3) is 0 Å². The predicted molar refractivity (Wildman–Crippen MR) is 69.9 cm³/mol. The van der Waals surface area contributed by atoms with Gasteiger partial charge in [0.05, 0.1) is 12.7 Å². The fourth-order valence-electron chi connectivity index (χ4n) is 1.59. The molecule has 0 fully saturated rings. The van der Waals surface area contributed by atoms with Gasteiger partial charge in [-0.25, -0.2) is 4.98 Å². The number of nitrogens with zero attached hydrogens (tertiary/aromatic N) is 2. The average molecular weight is 255 g/mol. The van der Waals surface area contributed by atoms with Gasteiger partial charge in [-0.3, -0.25) is 4.79 Å². The number of rotatable bonds is 7. The first kappa shape index (κ1) is 14.7. The molecule has 6 heteroatoms. The Morgan fingerprint density at radius 2 is 2.28 bits per heavy atom. The highest BCUT2D eigenvalue weighted by atomic mass is 16.5. The molecule has 0 bridgehead atoms. The lowest BCUT2D eigenvalue weighted by molar-refractivity contribution is 0.0615. The van der Waals surface area contributed by atoms with Crippen LogP contribution in [0, 0.1) is 0 Å². The summed E-state index contributed by atoms with van der Waals surface area (Å²) >= 11 is 0. The summed E-state index contributed by atoms with van der Waals surface area (Å²) in [7, 11) is 1.54. The lowest BCUT2D eigenvalue weighted by atomic mass is 10.2. The normalized spacial score (nSPS) is 12.7. The molecule has 0 saturated carbocycles. The van der Waals surface area contributed by atoms with Crippen LogP contribution in [0.5, 0.6) is 0 Å². The molecule has 2 N–H and O–H groups in total. The molecule has 0 aliphatic rings. The third-order valence-corrected chi connectivity index (χ3v) is 2.55. The maximum absolute atomic E-state index is 12.0. The van der Waals surface area contributed by atoms with E-state index < -0.39 is 6.10 Å². The molecule has 1 unspecified atom stereocenters. The molecule has 1 atom stereocenters. The Morgan fingerprint density at radius 3 is 2.89 bits per heavy atom. The zero-order valence-corrected chi connectivity index (χ0v) is 11.1. The molecule has 1 aromatic rings. The van der Waals surface area contributed by atoms with Crippen LogP contribution in [0.4, 0.5) is 5.82 Å². The van der Waals surface area contributed by atoms with Crippen LogP contribution in [0.15, 0.2) is 17.2 Å². The largest absolute Gasteiger partial charge is 0.391 e. The Balaban J connectivity index is 2.58. The van der Waals surface area contributed by atoms with Gasteiger partial charge in [-0.1, -0.05) is 0 Å². The lowest BCUT2D eigenvalue weighted by Gasteiger charge is -2.13. The van der Waals surface area contributed by atoms with Crippen molar-refractivity contribution in [3.8, 4) is 0 Å². The van der Waals surface area contributed by atoms with Crippen LogP contribution < -0.4 is 10.9 Å². The van der Waals surface area contributed by atoms with Crippen molar-refractivity contribution in [1.29, 1.82) is 0 Å². The molecule has 102 valence electrons. The van der Waals surface area contributed by atoms with Gasteiger partial charge >= 0.3 is 0 Å². The highest BCUT2D eigenvalue weighted by Crippen LogP contribution is 2.02. The van der Waals surface area contributed by atoms with E-state index in [1.807, 2.05) is 13.8 Å². The van der Waals surface area contributed by atoms with Gasteiger partial charge in [0.1, 0.15) is 0 Å². The number of hydrogen-bond acceptors (Lipinski definition) is 5. The van der Waals surface area contributed by atoms with Crippen LogP contribution >= 0.6 is 0 Å². The van der Waals surface area contributed by atoms with E-state index in [0.717, 1.165) is 0 Å². The summed E-state index contributed by atoms with van der Waals surface area (Å²) in [5, 5.41) is 12.4. The third kappa shape index (κ3) is 4.12. The van der Waals surface area contributed by atoms with Gasteiger partial charge in [0, 0.05) is 32.1 Å². The smallest absolute Gasteiger partial charge is 0.293 e.